The molecule has 16 heavy (non-hydrogen) atoms. The molecule has 0 aliphatic rings. The van der Waals surface area contributed by atoms with E-state index in [1.54, 1.807) is 0 Å². The molecule has 2 aromatic carbocycles. The molecule has 5 heteroatoms. The van der Waals surface area contributed by atoms with Gasteiger partial charge in [0, 0.05) is 5.39 Å². The summed E-state index contributed by atoms with van der Waals surface area (Å²) < 4.78 is 0. The number of benzene rings is 2. The minimum absolute atomic E-state index is 0. The van der Waals surface area contributed by atoms with Gasteiger partial charge in [-0.2, -0.15) is 5.10 Å². The van der Waals surface area contributed by atoms with Crippen LogP contribution in [0.15, 0.2) is 30.3 Å². The van der Waals surface area contributed by atoms with Gasteiger partial charge < -0.3 is 0 Å². The topological polar surface area (TPSA) is 28.7 Å². The van der Waals surface area contributed by atoms with Crippen LogP contribution in [0.1, 0.15) is 0 Å². The molecule has 82 valence electrons. The molecule has 0 radical (unpaired) electrons. The molecule has 0 spiro atoms. The molecule has 0 saturated heterocycles. The zero-order valence-electron chi connectivity index (χ0n) is 8.00. The number of aromatic amines is 1. The van der Waals surface area contributed by atoms with Gasteiger partial charge in [0.05, 0.1) is 15.9 Å². The minimum Gasteiger partial charge on any atom is -0.276 e. The summed E-state index contributed by atoms with van der Waals surface area (Å²) in [7, 11) is 0. The predicted molar refractivity (Wildman–Crippen MR) is 70.9 cm³/mol. The zero-order valence-corrected chi connectivity index (χ0v) is 10.3. The number of H-pyrrole nitrogens is 1. The number of fused-ring (bicyclic) bond motifs is 3. The van der Waals surface area contributed by atoms with Gasteiger partial charge >= 0.3 is 0 Å². The number of rotatable bonds is 0. The average Bonchev–Trinajstić information content (AvgIpc) is 2.62. The summed E-state index contributed by atoms with van der Waals surface area (Å²) in [5, 5.41) is 10.9. The first-order chi connectivity index (χ1) is 7.27. The highest BCUT2D eigenvalue weighted by molar-refractivity contribution is 6.43. The predicted octanol–water partition coefficient (Wildman–Crippen LogP) is 4.44. The summed E-state index contributed by atoms with van der Waals surface area (Å²) in [6.07, 6.45) is 0. The van der Waals surface area contributed by atoms with E-state index < -0.39 is 0 Å². The second-order valence-corrected chi connectivity index (χ2v) is 4.11. The first-order valence-corrected chi connectivity index (χ1v) is 5.24. The van der Waals surface area contributed by atoms with Crippen molar-refractivity contribution in [1.82, 2.24) is 10.2 Å². The molecule has 0 aliphatic heterocycles. The average molecular weight is 274 g/mol. The van der Waals surface area contributed by atoms with Crippen molar-refractivity contribution in [2.24, 2.45) is 0 Å². The van der Waals surface area contributed by atoms with E-state index in [0.717, 1.165) is 21.7 Å². The van der Waals surface area contributed by atoms with Crippen molar-refractivity contribution in [1.29, 1.82) is 0 Å². The molecule has 2 nitrogen and oxygen atoms in total. The van der Waals surface area contributed by atoms with E-state index in [4.69, 9.17) is 23.2 Å². The van der Waals surface area contributed by atoms with Gasteiger partial charge in [-0.3, -0.25) is 5.10 Å². The Morgan fingerprint density at radius 1 is 1.12 bits per heavy atom. The lowest BCUT2D eigenvalue weighted by Gasteiger charge is -2.00. The van der Waals surface area contributed by atoms with Crippen molar-refractivity contribution in [2.45, 2.75) is 0 Å². The molecule has 0 aliphatic carbocycles. The molecule has 0 fully saturated rings. The van der Waals surface area contributed by atoms with Crippen LogP contribution >= 0.6 is 35.6 Å². The smallest absolute Gasteiger partial charge is 0.160 e. The van der Waals surface area contributed by atoms with Crippen LogP contribution in [0.4, 0.5) is 0 Å². The standard InChI is InChI=1S/C11H6Cl2N2.ClH/c12-8-5-6-3-1-2-4-7(6)10-9(8)11(13)15-14-10;/h1-5H,(H,14,15);1H. The molecule has 0 bridgehead atoms. The molecule has 0 atom stereocenters. The molecular formula is C11H7Cl3N2. The Labute approximate surface area is 108 Å². The Hall–Kier alpha value is -0.960. The van der Waals surface area contributed by atoms with Gasteiger partial charge in [-0.25, -0.2) is 0 Å². The van der Waals surface area contributed by atoms with Gasteiger partial charge in [0.1, 0.15) is 0 Å². The third-order valence-corrected chi connectivity index (χ3v) is 3.04. The van der Waals surface area contributed by atoms with E-state index in [9.17, 15) is 0 Å². The number of hydrogen-bond donors (Lipinski definition) is 1. The van der Waals surface area contributed by atoms with Crippen LogP contribution in [-0.2, 0) is 0 Å². The highest BCUT2D eigenvalue weighted by Crippen LogP contribution is 2.34. The van der Waals surface area contributed by atoms with E-state index in [1.165, 1.54) is 0 Å². The molecular weight excluding hydrogens is 266 g/mol. The van der Waals surface area contributed by atoms with Crippen molar-refractivity contribution in [3.63, 3.8) is 0 Å². The van der Waals surface area contributed by atoms with Gasteiger partial charge in [0.15, 0.2) is 5.15 Å². The van der Waals surface area contributed by atoms with Crippen molar-refractivity contribution in [3.05, 3.63) is 40.5 Å². The maximum Gasteiger partial charge on any atom is 0.160 e. The number of halogens is 3. The van der Waals surface area contributed by atoms with Crippen molar-refractivity contribution in [2.75, 3.05) is 0 Å². The van der Waals surface area contributed by atoms with Crippen LogP contribution in [-0.4, -0.2) is 10.2 Å². The van der Waals surface area contributed by atoms with Gasteiger partial charge in [-0.15, -0.1) is 12.4 Å². The number of aromatic nitrogens is 2. The molecule has 0 saturated carbocycles. The third kappa shape index (κ3) is 1.54. The molecule has 1 heterocycles. The third-order valence-electron chi connectivity index (χ3n) is 2.47. The molecule has 3 aromatic rings. The Balaban J connectivity index is 0.000000963. The summed E-state index contributed by atoms with van der Waals surface area (Å²) in [4.78, 5) is 0. The monoisotopic (exact) mass is 272 g/mol. The summed E-state index contributed by atoms with van der Waals surface area (Å²) >= 11 is 12.1. The summed E-state index contributed by atoms with van der Waals surface area (Å²) in [6.45, 7) is 0. The maximum absolute atomic E-state index is 6.14. The largest absolute Gasteiger partial charge is 0.276 e. The fourth-order valence-corrected chi connectivity index (χ4v) is 2.38. The van der Waals surface area contributed by atoms with Crippen LogP contribution in [0.25, 0.3) is 21.7 Å². The highest BCUT2D eigenvalue weighted by Gasteiger charge is 2.10. The van der Waals surface area contributed by atoms with Crippen molar-refractivity contribution < 1.29 is 0 Å². The van der Waals surface area contributed by atoms with E-state index in [2.05, 4.69) is 10.2 Å². The second kappa shape index (κ2) is 4.13. The summed E-state index contributed by atoms with van der Waals surface area (Å²) in [5.41, 5.74) is 0.892. The first-order valence-electron chi connectivity index (χ1n) is 4.48. The normalized spacial score (nSPS) is 10.6. The van der Waals surface area contributed by atoms with E-state index in [1.807, 2.05) is 30.3 Å². The first kappa shape index (κ1) is 11.5. The zero-order chi connectivity index (χ0) is 10.4. The Morgan fingerprint density at radius 2 is 1.88 bits per heavy atom. The fourth-order valence-electron chi connectivity index (χ4n) is 1.79. The van der Waals surface area contributed by atoms with Crippen molar-refractivity contribution in [3.8, 4) is 0 Å². The second-order valence-electron chi connectivity index (χ2n) is 3.34. The quantitative estimate of drug-likeness (QED) is 0.644. The van der Waals surface area contributed by atoms with E-state index in [-0.39, 0.29) is 12.4 Å². The number of nitrogens with zero attached hydrogens (tertiary/aromatic N) is 1. The van der Waals surface area contributed by atoms with Crippen LogP contribution in [0.3, 0.4) is 0 Å². The van der Waals surface area contributed by atoms with Crippen LogP contribution in [0.2, 0.25) is 10.2 Å². The van der Waals surface area contributed by atoms with Gasteiger partial charge in [-0.05, 0) is 11.5 Å². The molecule has 1 N–H and O–H groups in total. The van der Waals surface area contributed by atoms with Crippen LogP contribution < -0.4 is 0 Å². The number of nitrogens with one attached hydrogen (secondary N) is 1. The van der Waals surface area contributed by atoms with Crippen molar-refractivity contribution >= 4 is 57.3 Å². The Morgan fingerprint density at radius 3 is 2.69 bits per heavy atom. The molecule has 0 amide bonds. The maximum atomic E-state index is 6.14. The van der Waals surface area contributed by atoms with Gasteiger partial charge in [-0.1, -0.05) is 47.5 Å². The Bertz CT molecular complexity index is 661. The molecule has 3 rings (SSSR count). The lowest BCUT2D eigenvalue weighted by atomic mass is 10.1. The van der Waals surface area contributed by atoms with Crippen LogP contribution in [0.5, 0.6) is 0 Å². The summed E-state index contributed by atoms with van der Waals surface area (Å²) in [6, 6.07) is 9.88. The summed E-state index contributed by atoms with van der Waals surface area (Å²) in [5.74, 6) is 0. The van der Waals surface area contributed by atoms with Gasteiger partial charge in [0.2, 0.25) is 0 Å². The Kier molecular flexibility index (Phi) is 2.98. The lowest BCUT2D eigenvalue weighted by molar-refractivity contribution is 1.12. The van der Waals surface area contributed by atoms with Gasteiger partial charge in [0.25, 0.3) is 0 Å². The minimum atomic E-state index is 0. The fraction of sp³-hybridized carbons (Fsp3) is 0. The van der Waals surface area contributed by atoms with E-state index >= 15 is 0 Å². The van der Waals surface area contributed by atoms with Crippen LogP contribution in [0, 0.1) is 0 Å². The molecule has 0 unspecified atom stereocenters. The molecule has 1 aromatic heterocycles. The highest BCUT2D eigenvalue weighted by atomic mass is 35.5. The van der Waals surface area contributed by atoms with E-state index in [0.29, 0.717) is 10.2 Å². The SMILES string of the molecule is Cl.Clc1cc2ccccc2c2[nH]nc(Cl)c12. The number of hydrogen-bond acceptors (Lipinski definition) is 1. The lowest BCUT2D eigenvalue weighted by Crippen LogP contribution is -1.76.